The van der Waals surface area contributed by atoms with Crippen molar-refractivity contribution in [2.75, 3.05) is 0 Å². The van der Waals surface area contributed by atoms with E-state index in [2.05, 4.69) is 6.07 Å². The molecule has 1 heteroatoms. The Bertz CT molecular complexity index is 208. The molecule has 0 aliphatic carbocycles. The van der Waals surface area contributed by atoms with Gasteiger partial charge in [0, 0.05) is 0 Å². The predicted octanol–water partition coefficient (Wildman–Crippen LogP) is 1.75. The van der Waals surface area contributed by atoms with E-state index >= 15 is 0 Å². The van der Waals surface area contributed by atoms with Crippen LogP contribution in [0.4, 0.5) is 0 Å². The van der Waals surface area contributed by atoms with Crippen molar-refractivity contribution in [3.8, 4) is 6.07 Å². The van der Waals surface area contributed by atoms with E-state index in [1.807, 2.05) is 30.3 Å². The first-order valence-corrected chi connectivity index (χ1v) is 2.84. The highest BCUT2D eigenvalue weighted by Gasteiger charge is 1.84. The first-order valence-electron chi connectivity index (χ1n) is 2.84. The van der Waals surface area contributed by atoms with Gasteiger partial charge in [-0.2, -0.15) is 5.26 Å². The maximum atomic E-state index is 8.27. The number of rotatable bonds is 1. The summed E-state index contributed by atoms with van der Waals surface area (Å²) in [6.07, 6.45) is 0.515. The molecule has 0 atom stereocenters. The molecule has 0 aliphatic rings. The second-order valence-electron chi connectivity index (χ2n) is 1.82. The number of hydrogen-bond acceptors (Lipinski definition) is 1. The van der Waals surface area contributed by atoms with Gasteiger partial charge in [-0.15, -0.1) is 0 Å². The molecule has 9 heavy (non-hydrogen) atoms. The van der Waals surface area contributed by atoms with Crippen LogP contribution < -0.4 is 0 Å². The van der Waals surface area contributed by atoms with Crippen molar-refractivity contribution in [3.05, 3.63) is 35.9 Å². The van der Waals surface area contributed by atoms with Gasteiger partial charge in [-0.3, -0.25) is 0 Å². The summed E-state index contributed by atoms with van der Waals surface area (Å²) in [6, 6.07) is 11.8. The molecule has 1 aromatic carbocycles. The Morgan fingerprint density at radius 1 is 1.22 bits per heavy atom. The van der Waals surface area contributed by atoms with Crippen LogP contribution in [0.1, 0.15) is 5.56 Å². The third-order valence-corrected chi connectivity index (χ3v) is 1.13. The largest absolute Gasteiger partial charge is 0.198 e. The van der Waals surface area contributed by atoms with Crippen molar-refractivity contribution in [3.63, 3.8) is 0 Å². The van der Waals surface area contributed by atoms with Gasteiger partial charge in [0.25, 0.3) is 0 Å². The fourth-order valence-electron chi connectivity index (χ4n) is 0.687. The van der Waals surface area contributed by atoms with Gasteiger partial charge in [-0.05, 0) is 5.56 Å². The molecule has 0 N–H and O–H groups in total. The van der Waals surface area contributed by atoms with Gasteiger partial charge in [-0.25, -0.2) is 0 Å². The minimum absolute atomic E-state index is 0.515. The van der Waals surface area contributed by atoms with Crippen LogP contribution in [0.3, 0.4) is 0 Å². The summed E-state index contributed by atoms with van der Waals surface area (Å²) >= 11 is 0. The second kappa shape index (κ2) is 2.88. The Hall–Kier alpha value is -1.29. The number of nitriles is 1. The molecule has 0 amide bonds. The Balaban J connectivity index is 2.76. The lowest BCUT2D eigenvalue weighted by Gasteiger charge is -1.88. The highest BCUT2D eigenvalue weighted by molar-refractivity contribution is 5.17. The maximum Gasteiger partial charge on any atom is 0.0669 e. The monoisotopic (exact) mass is 119 g/mol. The smallest absolute Gasteiger partial charge is 0.0669 e. The predicted molar refractivity (Wildman–Crippen MR) is 35.8 cm³/mol. The van der Waals surface area contributed by atoms with E-state index in [9.17, 15) is 0 Å². The molecule has 1 aromatic rings. The van der Waals surface area contributed by atoms with Gasteiger partial charge in [0.05, 0.1) is 12.5 Å². The van der Waals surface area contributed by atoms with E-state index in [-0.39, 0.29) is 0 Å². The minimum atomic E-state index is 0.515. The van der Waals surface area contributed by atoms with Crippen LogP contribution in [0.25, 0.3) is 0 Å². The first-order chi connectivity index (χ1) is 4.43. The molecule has 0 aromatic heterocycles. The summed E-state index contributed by atoms with van der Waals surface area (Å²) in [6.45, 7) is 0. The van der Waals surface area contributed by atoms with Gasteiger partial charge in [0.1, 0.15) is 0 Å². The third kappa shape index (κ3) is 1.58. The zero-order valence-electron chi connectivity index (χ0n) is 5.04. The summed E-state index contributed by atoms with van der Waals surface area (Å²) in [5.74, 6) is 0. The Labute approximate surface area is 54.6 Å². The lowest BCUT2D eigenvalue weighted by atomic mass is 10.4. The lowest BCUT2D eigenvalue weighted by Crippen LogP contribution is -1.76. The Kier molecular flexibility index (Phi) is 1.87. The number of benzene rings is 1. The van der Waals surface area contributed by atoms with Gasteiger partial charge >= 0.3 is 0 Å². The molecule has 0 spiro atoms. The lowest BCUT2D eigenvalue weighted by molar-refractivity contribution is 1.26. The molecule has 0 fully saturated rings. The maximum absolute atomic E-state index is 8.27. The van der Waals surface area contributed by atoms with Crippen molar-refractivity contribution < 1.29 is 0 Å². The molecule has 1 rings (SSSR count). The first kappa shape index (κ1) is 5.84. The van der Waals surface area contributed by atoms with Crippen LogP contribution in [0.2, 0.25) is 0 Å². The molecule has 0 aliphatic heterocycles. The summed E-state index contributed by atoms with van der Waals surface area (Å²) in [5.41, 5.74) is 1.08. The number of nitrogens with zero attached hydrogens (tertiary/aromatic N) is 1. The second-order valence-corrected chi connectivity index (χ2v) is 1.82. The standard InChI is InChI=1S/C8H7N/c9-7-6-8-4-2-1-3-5-8/h1-5H,6H2/i6+1,8+1. The molecule has 0 saturated carbocycles. The average Bonchev–Trinajstić information content (AvgIpc) is 1.91. The van der Waals surface area contributed by atoms with Crippen molar-refractivity contribution in [1.29, 1.82) is 5.26 Å². The van der Waals surface area contributed by atoms with E-state index in [4.69, 9.17) is 5.26 Å². The Morgan fingerprint density at radius 2 is 1.89 bits per heavy atom. The molecule has 0 unspecified atom stereocenters. The van der Waals surface area contributed by atoms with Crippen molar-refractivity contribution in [2.45, 2.75) is 6.42 Å². The van der Waals surface area contributed by atoms with Crippen LogP contribution in [0, 0.1) is 11.3 Å². The zero-order chi connectivity index (χ0) is 6.53. The fourth-order valence-corrected chi connectivity index (χ4v) is 0.687. The van der Waals surface area contributed by atoms with Crippen LogP contribution in [-0.4, -0.2) is 0 Å². The van der Waals surface area contributed by atoms with Crippen molar-refractivity contribution in [1.82, 2.24) is 0 Å². The van der Waals surface area contributed by atoms with Crippen LogP contribution in [0.5, 0.6) is 0 Å². The van der Waals surface area contributed by atoms with Crippen molar-refractivity contribution in [2.24, 2.45) is 0 Å². The molecular weight excluding hydrogens is 112 g/mol. The van der Waals surface area contributed by atoms with Gasteiger partial charge in [0.2, 0.25) is 0 Å². The van der Waals surface area contributed by atoms with Gasteiger partial charge < -0.3 is 0 Å². The summed E-state index contributed by atoms with van der Waals surface area (Å²) < 4.78 is 0. The fraction of sp³-hybridized carbons (Fsp3) is 0.125. The number of hydrogen-bond donors (Lipinski definition) is 0. The summed E-state index contributed by atoms with van der Waals surface area (Å²) in [5, 5.41) is 8.27. The normalized spacial score (nSPS) is 8.33. The van der Waals surface area contributed by atoms with E-state index < -0.39 is 0 Å². The Morgan fingerprint density at radius 3 is 2.44 bits per heavy atom. The van der Waals surface area contributed by atoms with Crippen molar-refractivity contribution >= 4 is 0 Å². The summed E-state index contributed by atoms with van der Waals surface area (Å²) in [4.78, 5) is 0. The van der Waals surface area contributed by atoms with E-state index in [0.717, 1.165) is 5.56 Å². The topological polar surface area (TPSA) is 23.8 Å². The van der Waals surface area contributed by atoms with Crippen LogP contribution >= 0.6 is 0 Å². The molecular formula is C8H7N. The van der Waals surface area contributed by atoms with Gasteiger partial charge in [0.15, 0.2) is 0 Å². The quantitative estimate of drug-likeness (QED) is 0.516. The highest BCUT2D eigenvalue weighted by Crippen LogP contribution is 1.96. The molecule has 0 heterocycles. The molecule has 44 valence electrons. The average molecular weight is 119 g/mol. The highest BCUT2D eigenvalue weighted by atomic mass is 14.6. The van der Waals surface area contributed by atoms with E-state index in [1.165, 1.54) is 0 Å². The molecule has 0 radical (unpaired) electrons. The third-order valence-electron chi connectivity index (χ3n) is 1.13. The van der Waals surface area contributed by atoms with Gasteiger partial charge in [-0.1, -0.05) is 30.3 Å². The van der Waals surface area contributed by atoms with E-state index in [1.54, 1.807) is 0 Å². The van der Waals surface area contributed by atoms with E-state index in [0.29, 0.717) is 6.42 Å². The van der Waals surface area contributed by atoms with Crippen LogP contribution in [0.15, 0.2) is 30.3 Å². The zero-order valence-corrected chi connectivity index (χ0v) is 5.04. The molecule has 1 nitrogen and oxygen atoms in total. The summed E-state index contributed by atoms with van der Waals surface area (Å²) in [7, 11) is 0. The molecule has 0 saturated heterocycles. The minimum Gasteiger partial charge on any atom is -0.198 e. The SMILES string of the molecule is N#C[13CH2][13c]1ccccc1. The van der Waals surface area contributed by atoms with Crippen LogP contribution in [-0.2, 0) is 6.42 Å². The molecule has 0 bridgehead atoms.